The van der Waals surface area contributed by atoms with Crippen LogP contribution in [0.15, 0.2) is 0 Å². The summed E-state index contributed by atoms with van der Waals surface area (Å²) in [7, 11) is 0.768. The third kappa shape index (κ3) is 10.4. The molecular weight excluding hydrogens is 296 g/mol. The average Bonchev–Trinajstić information content (AvgIpc) is 2.40. The zero-order valence-corrected chi connectivity index (χ0v) is 14.6. The lowest BCUT2D eigenvalue weighted by molar-refractivity contribution is -0.138. The molecule has 0 aromatic rings. The normalized spacial score (nSPS) is 13.8. The number of hydrogen-bond acceptors (Lipinski definition) is 7. The molecule has 0 aliphatic heterocycles. The van der Waals surface area contributed by atoms with Gasteiger partial charge in [-0.2, -0.15) is 0 Å². The fraction of sp³-hybridized carbons (Fsp3) is 0.846. The van der Waals surface area contributed by atoms with Gasteiger partial charge in [-0.3, -0.25) is 9.59 Å². The molecule has 124 valence electrons. The zero-order chi connectivity index (χ0) is 16.3. The van der Waals surface area contributed by atoms with Gasteiger partial charge in [0, 0.05) is 34.1 Å². The summed E-state index contributed by atoms with van der Waals surface area (Å²) < 4.78 is 26.2. The van der Waals surface area contributed by atoms with Crippen molar-refractivity contribution in [3.63, 3.8) is 0 Å². The highest BCUT2D eigenvalue weighted by Gasteiger charge is 2.25. The van der Waals surface area contributed by atoms with Gasteiger partial charge in [-0.15, -0.1) is 0 Å². The average molecular weight is 322 g/mol. The van der Waals surface area contributed by atoms with Gasteiger partial charge in [-0.25, -0.2) is 0 Å². The minimum absolute atomic E-state index is 0.158. The maximum Gasteiger partial charge on any atom is 0.450 e. The Bertz CT molecular complexity index is 295. The summed E-state index contributed by atoms with van der Waals surface area (Å²) in [5.74, 6) is -0.895. The molecular formula is C13H26O7Si. The van der Waals surface area contributed by atoms with E-state index in [0.717, 1.165) is 6.42 Å². The Kier molecular flexibility index (Phi) is 11.1. The summed E-state index contributed by atoms with van der Waals surface area (Å²) in [6, 6.07) is 0.416. The van der Waals surface area contributed by atoms with Crippen LogP contribution in [0.1, 0.15) is 27.2 Å². The van der Waals surface area contributed by atoms with Crippen molar-refractivity contribution in [1.82, 2.24) is 0 Å². The first-order valence-electron chi connectivity index (χ1n) is 6.90. The third-order valence-electron chi connectivity index (χ3n) is 2.71. The highest BCUT2D eigenvalue weighted by molar-refractivity contribution is 6.48. The molecule has 21 heavy (non-hydrogen) atoms. The minimum Gasteiger partial charge on any atom is -0.487 e. The number of ether oxygens (including phenoxy) is 3. The van der Waals surface area contributed by atoms with Gasteiger partial charge in [0.05, 0.1) is 19.3 Å². The highest BCUT2D eigenvalue weighted by atomic mass is 28.3. The summed E-state index contributed by atoms with van der Waals surface area (Å²) in [4.78, 5) is 22.1. The fourth-order valence-electron chi connectivity index (χ4n) is 1.67. The van der Waals surface area contributed by atoms with Gasteiger partial charge in [-0.1, -0.05) is 6.92 Å². The standard InChI is InChI=1S/C13H26O7Si/c1-6-12(18-8-13(17-5)7-16-4)9-21(19-10(2)14)20-11(3)15/h12-13,21H,6-9H2,1-5H3. The van der Waals surface area contributed by atoms with Gasteiger partial charge in [0.2, 0.25) is 0 Å². The molecule has 0 bridgehead atoms. The second-order valence-electron chi connectivity index (χ2n) is 4.56. The van der Waals surface area contributed by atoms with E-state index in [4.69, 9.17) is 23.1 Å². The van der Waals surface area contributed by atoms with E-state index in [1.54, 1.807) is 14.2 Å². The molecule has 0 aliphatic rings. The Hall–Kier alpha value is -0.963. The Balaban J connectivity index is 4.40. The van der Waals surface area contributed by atoms with Crippen molar-refractivity contribution in [1.29, 1.82) is 0 Å². The van der Waals surface area contributed by atoms with E-state index in [1.165, 1.54) is 13.8 Å². The molecule has 0 aromatic carbocycles. The van der Waals surface area contributed by atoms with E-state index in [1.807, 2.05) is 6.92 Å². The van der Waals surface area contributed by atoms with E-state index in [0.29, 0.717) is 19.3 Å². The first kappa shape index (κ1) is 20.0. The molecule has 0 fully saturated rings. The van der Waals surface area contributed by atoms with Crippen molar-refractivity contribution in [3.05, 3.63) is 0 Å². The molecule has 8 heteroatoms. The second kappa shape index (κ2) is 11.7. The largest absolute Gasteiger partial charge is 0.487 e. The molecule has 7 nitrogen and oxygen atoms in total. The second-order valence-corrected chi connectivity index (χ2v) is 6.36. The number of hydrogen-bond donors (Lipinski definition) is 0. The summed E-state index contributed by atoms with van der Waals surface area (Å²) in [6.07, 6.45) is 0.400. The van der Waals surface area contributed by atoms with E-state index in [-0.39, 0.29) is 12.2 Å². The van der Waals surface area contributed by atoms with Crippen LogP contribution in [0.3, 0.4) is 0 Å². The Labute approximate surface area is 127 Å². The van der Waals surface area contributed by atoms with Crippen LogP contribution in [0.25, 0.3) is 0 Å². The van der Waals surface area contributed by atoms with Gasteiger partial charge < -0.3 is 23.1 Å². The van der Waals surface area contributed by atoms with Gasteiger partial charge >= 0.3 is 9.28 Å². The molecule has 0 rings (SSSR count). The molecule has 0 heterocycles. The lowest BCUT2D eigenvalue weighted by atomic mass is 10.3. The SMILES string of the molecule is CCC(C[SiH](OC(C)=O)OC(C)=O)OCC(COC)OC. The van der Waals surface area contributed by atoms with Crippen LogP contribution in [0.2, 0.25) is 6.04 Å². The molecule has 0 aliphatic carbocycles. The molecule has 0 saturated carbocycles. The lowest BCUT2D eigenvalue weighted by Gasteiger charge is -2.23. The van der Waals surface area contributed by atoms with Crippen molar-refractivity contribution in [3.8, 4) is 0 Å². The van der Waals surface area contributed by atoms with Gasteiger partial charge in [-0.05, 0) is 6.42 Å². The molecule has 2 atom stereocenters. The van der Waals surface area contributed by atoms with Crippen molar-refractivity contribution in [2.45, 2.75) is 45.4 Å². The van der Waals surface area contributed by atoms with Crippen LogP contribution < -0.4 is 0 Å². The van der Waals surface area contributed by atoms with E-state index in [2.05, 4.69) is 0 Å². The molecule has 0 saturated heterocycles. The number of rotatable bonds is 11. The first-order valence-corrected chi connectivity index (χ1v) is 8.66. The maximum atomic E-state index is 11.0. The summed E-state index contributed by atoms with van der Waals surface area (Å²) in [5.41, 5.74) is 0. The number of carbonyl (C=O) groups is 2. The zero-order valence-electron chi connectivity index (χ0n) is 13.4. The third-order valence-corrected chi connectivity index (χ3v) is 4.81. The summed E-state index contributed by atoms with van der Waals surface area (Å²) in [5, 5.41) is 0. The van der Waals surface area contributed by atoms with Crippen LogP contribution in [0.4, 0.5) is 0 Å². The quantitative estimate of drug-likeness (QED) is 0.520. The Morgan fingerprint density at radius 2 is 1.57 bits per heavy atom. The predicted octanol–water partition coefficient (Wildman–Crippen LogP) is 0.790. The van der Waals surface area contributed by atoms with Crippen LogP contribution in [-0.4, -0.2) is 60.9 Å². The molecule has 2 unspecified atom stereocenters. The van der Waals surface area contributed by atoms with Crippen molar-refractivity contribution in [2.24, 2.45) is 0 Å². The Morgan fingerprint density at radius 1 is 1.00 bits per heavy atom. The molecule has 0 radical (unpaired) electrons. The van der Waals surface area contributed by atoms with Crippen LogP contribution >= 0.6 is 0 Å². The highest BCUT2D eigenvalue weighted by Crippen LogP contribution is 2.11. The predicted molar refractivity (Wildman–Crippen MR) is 78.2 cm³/mol. The smallest absolute Gasteiger partial charge is 0.450 e. The first-order chi connectivity index (χ1) is 9.92. The topological polar surface area (TPSA) is 80.3 Å². The molecule has 0 N–H and O–H groups in total. The summed E-state index contributed by atoms with van der Waals surface area (Å²) >= 11 is 0. The van der Waals surface area contributed by atoms with Gasteiger partial charge in [0.15, 0.2) is 0 Å². The van der Waals surface area contributed by atoms with Gasteiger partial charge in [0.1, 0.15) is 6.10 Å². The van der Waals surface area contributed by atoms with Crippen molar-refractivity contribution >= 4 is 21.2 Å². The number of methoxy groups -OCH3 is 2. The lowest BCUT2D eigenvalue weighted by Crippen LogP contribution is -2.34. The molecule has 0 amide bonds. The monoisotopic (exact) mass is 322 g/mol. The maximum absolute atomic E-state index is 11.0. The van der Waals surface area contributed by atoms with E-state index >= 15 is 0 Å². The minimum atomic E-state index is -2.41. The Morgan fingerprint density at radius 3 is 1.95 bits per heavy atom. The van der Waals surface area contributed by atoms with Crippen LogP contribution in [0.5, 0.6) is 0 Å². The van der Waals surface area contributed by atoms with E-state index in [9.17, 15) is 9.59 Å². The van der Waals surface area contributed by atoms with Crippen molar-refractivity contribution in [2.75, 3.05) is 27.4 Å². The molecule has 0 spiro atoms. The van der Waals surface area contributed by atoms with Gasteiger partial charge in [0.25, 0.3) is 11.9 Å². The number of carbonyl (C=O) groups excluding carboxylic acids is 2. The van der Waals surface area contributed by atoms with Crippen LogP contribution in [-0.2, 0) is 32.7 Å². The van der Waals surface area contributed by atoms with Crippen molar-refractivity contribution < 1.29 is 32.7 Å². The van der Waals surface area contributed by atoms with E-state index < -0.39 is 21.2 Å². The summed E-state index contributed by atoms with van der Waals surface area (Å²) in [6.45, 7) is 5.34. The fourth-order valence-corrected chi connectivity index (χ4v) is 3.55. The van der Waals surface area contributed by atoms with Crippen LogP contribution in [0, 0.1) is 0 Å². The molecule has 0 aromatic heterocycles.